The summed E-state index contributed by atoms with van der Waals surface area (Å²) < 4.78 is 0.889. The largest absolute Gasteiger partial charge is 0.369 e. The fourth-order valence-electron chi connectivity index (χ4n) is 1.99. The predicted molar refractivity (Wildman–Crippen MR) is 83.5 cm³/mol. The molecule has 0 aliphatic heterocycles. The van der Waals surface area contributed by atoms with Gasteiger partial charge in [-0.1, -0.05) is 6.07 Å². The third-order valence-electron chi connectivity index (χ3n) is 3.17. The fraction of sp³-hybridized carbons (Fsp3) is 0.333. The molecule has 0 amide bonds. The zero-order valence-corrected chi connectivity index (χ0v) is 13.3. The van der Waals surface area contributed by atoms with Crippen LogP contribution in [0.3, 0.4) is 0 Å². The minimum Gasteiger partial charge on any atom is -0.369 e. The van der Waals surface area contributed by atoms with Gasteiger partial charge in [-0.05, 0) is 66.4 Å². The molecular formula is C15H18BrN3. The Morgan fingerprint density at radius 3 is 2.47 bits per heavy atom. The van der Waals surface area contributed by atoms with E-state index in [2.05, 4.69) is 71.0 Å². The Morgan fingerprint density at radius 1 is 1.11 bits per heavy atom. The zero-order valence-electron chi connectivity index (χ0n) is 11.7. The summed E-state index contributed by atoms with van der Waals surface area (Å²) in [6, 6.07) is 4.34. The minimum absolute atomic E-state index is 0.764. The van der Waals surface area contributed by atoms with Crippen molar-refractivity contribution in [3.63, 3.8) is 0 Å². The number of aromatic nitrogens is 2. The topological polar surface area (TPSA) is 37.8 Å². The molecule has 0 atom stereocenters. The summed E-state index contributed by atoms with van der Waals surface area (Å²) in [6.45, 7) is 9.22. The minimum atomic E-state index is 0.764. The first-order valence-corrected chi connectivity index (χ1v) is 7.17. The first-order chi connectivity index (χ1) is 9.02. The van der Waals surface area contributed by atoms with Gasteiger partial charge >= 0.3 is 0 Å². The van der Waals surface area contributed by atoms with Gasteiger partial charge in [-0.15, -0.1) is 0 Å². The Balaban J connectivity index is 2.53. The van der Waals surface area contributed by atoms with Crippen molar-refractivity contribution in [2.45, 2.75) is 27.7 Å². The van der Waals surface area contributed by atoms with Crippen LogP contribution in [0.25, 0.3) is 11.4 Å². The molecule has 2 rings (SSSR count). The van der Waals surface area contributed by atoms with Gasteiger partial charge in [0.1, 0.15) is 5.82 Å². The number of nitrogens with one attached hydrogen (secondary N) is 1. The molecule has 0 saturated carbocycles. The Labute approximate surface area is 122 Å². The van der Waals surface area contributed by atoms with E-state index in [1.165, 1.54) is 16.7 Å². The van der Waals surface area contributed by atoms with Gasteiger partial charge < -0.3 is 5.32 Å². The summed E-state index contributed by atoms with van der Waals surface area (Å²) in [6.07, 6.45) is 1.80. The van der Waals surface area contributed by atoms with Crippen LogP contribution in [-0.2, 0) is 0 Å². The highest BCUT2D eigenvalue weighted by molar-refractivity contribution is 9.10. The van der Waals surface area contributed by atoms with E-state index in [1.807, 2.05) is 0 Å². The van der Waals surface area contributed by atoms with Crippen LogP contribution < -0.4 is 5.32 Å². The van der Waals surface area contributed by atoms with Gasteiger partial charge in [0, 0.05) is 18.3 Å². The lowest BCUT2D eigenvalue weighted by Crippen LogP contribution is -2.03. The summed E-state index contributed by atoms with van der Waals surface area (Å²) in [5.74, 6) is 1.60. The van der Waals surface area contributed by atoms with E-state index in [0.29, 0.717) is 0 Å². The first-order valence-electron chi connectivity index (χ1n) is 6.37. The molecule has 0 spiro atoms. The number of benzene rings is 1. The van der Waals surface area contributed by atoms with Crippen LogP contribution in [0.1, 0.15) is 23.6 Å². The standard InChI is InChI=1S/C15H18BrN3/c1-5-17-15-13(16)8-18-14(19-15)12-7-10(3)9(2)6-11(12)4/h6-8H,5H2,1-4H3,(H,17,18,19). The number of halogens is 1. The molecule has 3 nitrogen and oxygen atoms in total. The highest BCUT2D eigenvalue weighted by Gasteiger charge is 2.10. The van der Waals surface area contributed by atoms with Crippen LogP contribution in [0, 0.1) is 20.8 Å². The average Bonchev–Trinajstić information content (AvgIpc) is 2.37. The van der Waals surface area contributed by atoms with Crippen molar-refractivity contribution in [2.24, 2.45) is 0 Å². The van der Waals surface area contributed by atoms with Crippen LogP contribution >= 0.6 is 15.9 Å². The molecule has 1 heterocycles. The van der Waals surface area contributed by atoms with E-state index < -0.39 is 0 Å². The van der Waals surface area contributed by atoms with E-state index in [4.69, 9.17) is 0 Å². The van der Waals surface area contributed by atoms with E-state index in [1.54, 1.807) is 6.20 Å². The highest BCUT2D eigenvalue weighted by atomic mass is 79.9. The molecule has 0 aliphatic rings. The Kier molecular flexibility index (Phi) is 4.20. The number of nitrogens with zero attached hydrogens (tertiary/aromatic N) is 2. The third kappa shape index (κ3) is 2.95. The molecule has 100 valence electrons. The van der Waals surface area contributed by atoms with Crippen molar-refractivity contribution in [2.75, 3.05) is 11.9 Å². The second kappa shape index (κ2) is 5.70. The van der Waals surface area contributed by atoms with E-state index in [9.17, 15) is 0 Å². The summed E-state index contributed by atoms with van der Waals surface area (Å²) in [7, 11) is 0. The molecular weight excluding hydrogens is 302 g/mol. The van der Waals surface area contributed by atoms with Gasteiger partial charge in [0.05, 0.1) is 4.47 Å². The van der Waals surface area contributed by atoms with Crippen molar-refractivity contribution in [1.29, 1.82) is 0 Å². The number of rotatable bonds is 3. The Morgan fingerprint density at radius 2 is 1.79 bits per heavy atom. The number of hydrogen-bond donors (Lipinski definition) is 1. The zero-order chi connectivity index (χ0) is 14.0. The normalized spacial score (nSPS) is 10.6. The Bertz CT molecular complexity index is 609. The molecule has 4 heteroatoms. The molecule has 2 aromatic rings. The van der Waals surface area contributed by atoms with Gasteiger partial charge in [-0.3, -0.25) is 0 Å². The third-order valence-corrected chi connectivity index (χ3v) is 3.75. The summed E-state index contributed by atoms with van der Waals surface area (Å²) in [5, 5.41) is 3.23. The summed E-state index contributed by atoms with van der Waals surface area (Å²) in [4.78, 5) is 9.02. The fourth-order valence-corrected chi connectivity index (χ4v) is 2.32. The van der Waals surface area contributed by atoms with E-state index >= 15 is 0 Å². The van der Waals surface area contributed by atoms with Crippen LogP contribution in [0.15, 0.2) is 22.8 Å². The number of hydrogen-bond acceptors (Lipinski definition) is 3. The van der Waals surface area contributed by atoms with Crippen LogP contribution in [0.4, 0.5) is 5.82 Å². The SMILES string of the molecule is CCNc1nc(-c2cc(C)c(C)cc2C)ncc1Br. The molecule has 0 unspecified atom stereocenters. The highest BCUT2D eigenvalue weighted by Crippen LogP contribution is 2.27. The van der Waals surface area contributed by atoms with E-state index in [0.717, 1.165) is 28.2 Å². The maximum Gasteiger partial charge on any atom is 0.161 e. The van der Waals surface area contributed by atoms with Crippen molar-refractivity contribution < 1.29 is 0 Å². The lowest BCUT2D eigenvalue weighted by molar-refractivity contribution is 1.10. The summed E-state index contributed by atoms with van der Waals surface area (Å²) >= 11 is 3.46. The van der Waals surface area contributed by atoms with Crippen LogP contribution in [0.2, 0.25) is 0 Å². The van der Waals surface area contributed by atoms with Gasteiger partial charge in [0.15, 0.2) is 5.82 Å². The monoisotopic (exact) mass is 319 g/mol. The maximum absolute atomic E-state index is 4.59. The number of anilines is 1. The molecule has 0 bridgehead atoms. The van der Waals surface area contributed by atoms with Crippen molar-refractivity contribution in [3.8, 4) is 11.4 Å². The van der Waals surface area contributed by atoms with E-state index in [-0.39, 0.29) is 0 Å². The van der Waals surface area contributed by atoms with Gasteiger partial charge in [0.2, 0.25) is 0 Å². The van der Waals surface area contributed by atoms with Crippen molar-refractivity contribution >= 4 is 21.7 Å². The molecule has 19 heavy (non-hydrogen) atoms. The molecule has 0 aliphatic carbocycles. The lowest BCUT2D eigenvalue weighted by Gasteiger charge is -2.11. The smallest absolute Gasteiger partial charge is 0.161 e. The molecule has 1 aromatic carbocycles. The number of aryl methyl sites for hydroxylation is 3. The second-order valence-electron chi connectivity index (χ2n) is 4.67. The Hall–Kier alpha value is -1.42. The van der Waals surface area contributed by atoms with Crippen molar-refractivity contribution in [3.05, 3.63) is 39.5 Å². The van der Waals surface area contributed by atoms with Crippen LogP contribution in [0.5, 0.6) is 0 Å². The quantitative estimate of drug-likeness (QED) is 0.918. The predicted octanol–water partition coefficient (Wildman–Crippen LogP) is 4.26. The van der Waals surface area contributed by atoms with Crippen LogP contribution in [-0.4, -0.2) is 16.5 Å². The molecule has 1 N–H and O–H groups in total. The molecule has 0 radical (unpaired) electrons. The summed E-state index contributed by atoms with van der Waals surface area (Å²) in [5.41, 5.74) is 4.85. The van der Waals surface area contributed by atoms with Crippen molar-refractivity contribution in [1.82, 2.24) is 9.97 Å². The van der Waals surface area contributed by atoms with Gasteiger partial charge in [-0.2, -0.15) is 0 Å². The first kappa shape index (κ1) is 14.0. The molecule has 0 saturated heterocycles. The average molecular weight is 320 g/mol. The maximum atomic E-state index is 4.59. The second-order valence-corrected chi connectivity index (χ2v) is 5.53. The molecule has 1 aromatic heterocycles. The van der Waals surface area contributed by atoms with Gasteiger partial charge in [-0.25, -0.2) is 9.97 Å². The lowest BCUT2D eigenvalue weighted by atomic mass is 10.0. The molecule has 0 fully saturated rings. The van der Waals surface area contributed by atoms with Gasteiger partial charge in [0.25, 0.3) is 0 Å².